The summed E-state index contributed by atoms with van der Waals surface area (Å²) in [5.41, 5.74) is 8.22. The maximum absolute atomic E-state index is 14.9. The van der Waals surface area contributed by atoms with E-state index in [9.17, 15) is 9.59 Å². The van der Waals surface area contributed by atoms with Gasteiger partial charge in [0.05, 0.1) is 17.9 Å². The van der Waals surface area contributed by atoms with E-state index < -0.39 is 17.7 Å². The van der Waals surface area contributed by atoms with Crippen molar-refractivity contribution in [1.29, 1.82) is 0 Å². The van der Waals surface area contributed by atoms with Crippen LogP contribution in [-0.4, -0.2) is 39.1 Å². The Hall–Kier alpha value is -6.93. The summed E-state index contributed by atoms with van der Waals surface area (Å²) in [5, 5.41) is 9.72. The lowest BCUT2D eigenvalue weighted by Gasteiger charge is -2.24. The molecule has 2 aliphatic carbocycles. The molecule has 8 aromatic rings. The van der Waals surface area contributed by atoms with Crippen molar-refractivity contribution in [3.8, 4) is 22.4 Å². The molecule has 2 amide bonds. The van der Waals surface area contributed by atoms with E-state index in [4.69, 9.17) is 9.72 Å². The Kier molecular flexibility index (Phi) is 8.24. The highest BCUT2D eigenvalue weighted by Crippen LogP contribution is 2.53. The van der Waals surface area contributed by atoms with Crippen LogP contribution in [0.15, 0.2) is 158 Å². The standard InChI is InChI=1S/C48H39N5O3/c54-46(52-43(25-34-27-49-42-21-11-10-16-35(34)42)45-50-28-44(51-45)31-13-2-1-3-14-31)48(26-41(48)33-23-22-30-12-4-5-15-32(30)24-33)53-47(55)56-29-40-38-19-8-6-17-36(38)37-18-7-9-20-39(37)40/h1-24,27-28,40-41,43,49H,25-26,29H2,(H,50,51)(H,52,54)(H,53,55)/t41-,43-,48?/m1/s1. The first-order valence-corrected chi connectivity index (χ1v) is 19.1. The van der Waals surface area contributed by atoms with Gasteiger partial charge < -0.3 is 25.3 Å². The number of carbonyl (C=O) groups excluding carboxylic acids is 2. The molecular formula is C48H39N5O3. The van der Waals surface area contributed by atoms with Crippen molar-refractivity contribution in [2.75, 3.05) is 6.61 Å². The van der Waals surface area contributed by atoms with Crippen molar-refractivity contribution in [2.24, 2.45) is 0 Å². The molecule has 2 aliphatic rings. The van der Waals surface area contributed by atoms with E-state index in [0.29, 0.717) is 18.7 Å². The van der Waals surface area contributed by atoms with Gasteiger partial charge in [-0.15, -0.1) is 0 Å². The second-order valence-corrected chi connectivity index (χ2v) is 14.9. The number of amides is 2. The van der Waals surface area contributed by atoms with Crippen LogP contribution in [-0.2, 0) is 16.0 Å². The number of hydrogen-bond acceptors (Lipinski definition) is 4. The first kappa shape index (κ1) is 33.6. The number of alkyl carbamates (subject to hydrolysis) is 1. The molecule has 56 heavy (non-hydrogen) atoms. The first-order valence-electron chi connectivity index (χ1n) is 19.1. The summed E-state index contributed by atoms with van der Waals surface area (Å²) in [6, 6.07) is 48.5. The molecule has 2 aromatic heterocycles. The van der Waals surface area contributed by atoms with Crippen LogP contribution >= 0.6 is 0 Å². The number of ether oxygens (including phenoxy) is 1. The Morgan fingerprint density at radius 2 is 1.48 bits per heavy atom. The smallest absolute Gasteiger partial charge is 0.408 e. The number of rotatable bonds is 10. The van der Waals surface area contributed by atoms with E-state index >= 15 is 0 Å². The number of nitrogens with zero attached hydrogens (tertiary/aromatic N) is 1. The molecule has 0 aliphatic heterocycles. The van der Waals surface area contributed by atoms with Gasteiger partial charge in [0.1, 0.15) is 18.0 Å². The number of nitrogens with one attached hydrogen (secondary N) is 4. The average Bonchev–Trinajstić information content (AvgIpc) is 3.52. The van der Waals surface area contributed by atoms with Crippen LogP contribution in [0.5, 0.6) is 0 Å². The first-order chi connectivity index (χ1) is 27.5. The van der Waals surface area contributed by atoms with Gasteiger partial charge in [-0.2, -0.15) is 0 Å². The zero-order valence-corrected chi connectivity index (χ0v) is 30.5. The monoisotopic (exact) mass is 733 g/mol. The lowest BCUT2D eigenvalue weighted by atomic mass is 9.98. The molecule has 274 valence electrons. The zero-order chi connectivity index (χ0) is 37.6. The van der Waals surface area contributed by atoms with Gasteiger partial charge in [-0.05, 0) is 62.2 Å². The molecule has 8 nitrogen and oxygen atoms in total. The normalized spacial score (nSPS) is 17.6. The van der Waals surface area contributed by atoms with E-state index in [1.54, 1.807) is 6.20 Å². The number of para-hydroxylation sites is 1. The summed E-state index contributed by atoms with van der Waals surface area (Å²) in [7, 11) is 0. The molecule has 3 atom stereocenters. The zero-order valence-electron chi connectivity index (χ0n) is 30.5. The van der Waals surface area contributed by atoms with Gasteiger partial charge in [-0.3, -0.25) is 4.79 Å². The predicted molar refractivity (Wildman–Crippen MR) is 219 cm³/mol. The minimum Gasteiger partial charge on any atom is -0.449 e. The number of aromatic amines is 2. The summed E-state index contributed by atoms with van der Waals surface area (Å²) in [4.78, 5) is 40.5. The van der Waals surface area contributed by atoms with E-state index in [2.05, 4.69) is 81.3 Å². The third-order valence-electron chi connectivity index (χ3n) is 11.6. The molecule has 0 saturated heterocycles. The number of hydrogen-bond donors (Lipinski definition) is 4. The number of H-pyrrole nitrogens is 2. The molecule has 1 saturated carbocycles. The Morgan fingerprint density at radius 3 is 2.29 bits per heavy atom. The van der Waals surface area contributed by atoms with Gasteiger partial charge in [0, 0.05) is 35.4 Å². The van der Waals surface area contributed by atoms with Gasteiger partial charge >= 0.3 is 6.09 Å². The fourth-order valence-electron chi connectivity index (χ4n) is 8.65. The van der Waals surface area contributed by atoms with Crippen LogP contribution in [0.1, 0.15) is 52.4 Å². The van der Waals surface area contributed by atoms with Crippen molar-refractivity contribution in [3.63, 3.8) is 0 Å². The van der Waals surface area contributed by atoms with Gasteiger partial charge in [-0.1, -0.05) is 140 Å². The summed E-state index contributed by atoms with van der Waals surface area (Å²) in [6.07, 6.45) is 4.07. The van der Waals surface area contributed by atoms with E-state index in [1.807, 2.05) is 91.1 Å². The molecular weight excluding hydrogens is 695 g/mol. The molecule has 0 radical (unpaired) electrons. The van der Waals surface area contributed by atoms with Crippen LogP contribution in [0.25, 0.3) is 44.1 Å². The Balaban J connectivity index is 0.964. The van der Waals surface area contributed by atoms with Crippen molar-refractivity contribution in [2.45, 2.75) is 36.3 Å². The number of imidazole rings is 1. The Morgan fingerprint density at radius 1 is 0.786 bits per heavy atom. The van der Waals surface area contributed by atoms with Gasteiger partial charge in [0.25, 0.3) is 0 Å². The Labute approximate surface area is 324 Å². The number of fused-ring (bicyclic) bond motifs is 5. The van der Waals surface area contributed by atoms with Crippen LogP contribution in [0.4, 0.5) is 4.79 Å². The van der Waals surface area contributed by atoms with Crippen LogP contribution in [0, 0.1) is 0 Å². The van der Waals surface area contributed by atoms with Gasteiger partial charge in [0.15, 0.2) is 0 Å². The number of benzene rings is 6. The van der Waals surface area contributed by atoms with Gasteiger partial charge in [-0.25, -0.2) is 9.78 Å². The van der Waals surface area contributed by atoms with E-state index in [-0.39, 0.29) is 24.3 Å². The summed E-state index contributed by atoms with van der Waals surface area (Å²) >= 11 is 0. The maximum atomic E-state index is 14.9. The molecule has 1 fully saturated rings. The third kappa shape index (κ3) is 6.00. The van der Waals surface area contributed by atoms with Crippen LogP contribution in [0.2, 0.25) is 0 Å². The summed E-state index contributed by atoms with van der Waals surface area (Å²) in [6.45, 7) is 0.149. The average molecular weight is 734 g/mol. The quantitative estimate of drug-likeness (QED) is 0.112. The second-order valence-electron chi connectivity index (χ2n) is 14.9. The van der Waals surface area contributed by atoms with E-state index in [1.165, 1.54) is 0 Å². The molecule has 0 bridgehead atoms. The lowest BCUT2D eigenvalue weighted by molar-refractivity contribution is -0.125. The predicted octanol–water partition coefficient (Wildman–Crippen LogP) is 9.58. The molecule has 1 unspecified atom stereocenters. The fraction of sp³-hybridized carbons (Fsp3) is 0.146. The number of aromatic nitrogens is 3. The highest BCUT2D eigenvalue weighted by atomic mass is 16.5. The third-order valence-corrected chi connectivity index (χ3v) is 11.6. The largest absolute Gasteiger partial charge is 0.449 e. The van der Waals surface area contributed by atoms with Crippen molar-refractivity contribution in [1.82, 2.24) is 25.6 Å². The van der Waals surface area contributed by atoms with Crippen molar-refractivity contribution < 1.29 is 14.3 Å². The molecule has 8 heteroatoms. The molecule has 6 aromatic carbocycles. The Bertz CT molecular complexity index is 2710. The number of carbonyl (C=O) groups is 2. The second kappa shape index (κ2) is 13.7. The lowest BCUT2D eigenvalue weighted by Crippen LogP contribution is -2.51. The molecule has 0 spiro atoms. The van der Waals surface area contributed by atoms with Crippen molar-refractivity contribution in [3.05, 3.63) is 186 Å². The van der Waals surface area contributed by atoms with E-state index in [0.717, 1.165) is 66.3 Å². The van der Waals surface area contributed by atoms with Crippen LogP contribution < -0.4 is 10.6 Å². The van der Waals surface area contributed by atoms with Gasteiger partial charge in [0.2, 0.25) is 5.91 Å². The minimum atomic E-state index is -1.24. The fourth-order valence-corrected chi connectivity index (χ4v) is 8.65. The minimum absolute atomic E-state index is 0.105. The molecule has 4 N–H and O–H groups in total. The summed E-state index contributed by atoms with van der Waals surface area (Å²) in [5.74, 6) is -0.0297. The van der Waals surface area contributed by atoms with Crippen molar-refractivity contribution >= 4 is 33.7 Å². The SMILES string of the molecule is O=C(NC1(C(=O)N[C@H](Cc2c[nH]c3ccccc23)c2ncc(-c3ccccc3)[nH]2)C[C@@H]1c1ccc2ccccc2c1)OCC1c2ccccc2-c2ccccc21. The summed E-state index contributed by atoms with van der Waals surface area (Å²) < 4.78 is 6.04. The highest BCUT2D eigenvalue weighted by molar-refractivity contribution is 5.96. The highest BCUT2D eigenvalue weighted by Gasteiger charge is 2.62. The maximum Gasteiger partial charge on any atom is 0.408 e. The molecule has 2 heterocycles. The topological polar surface area (TPSA) is 112 Å². The molecule has 10 rings (SSSR count). The van der Waals surface area contributed by atoms with Crippen LogP contribution in [0.3, 0.4) is 0 Å².